The van der Waals surface area contributed by atoms with Crippen molar-refractivity contribution < 1.29 is 9.18 Å². The van der Waals surface area contributed by atoms with Crippen molar-refractivity contribution in [3.63, 3.8) is 0 Å². The maximum Gasteiger partial charge on any atom is 0.256 e. The Balaban J connectivity index is 1.53. The van der Waals surface area contributed by atoms with E-state index in [1.54, 1.807) is 29.2 Å². The molecule has 0 saturated heterocycles. The van der Waals surface area contributed by atoms with E-state index in [1.165, 1.54) is 23.1 Å². The number of nitrogens with zero attached hydrogens (tertiary/aromatic N) is 5. The Kier molecular flexibility index (Phi) is 3.87. The van der Waals surface area contributed by atoms with Gasteiger partial charge in [-0.3, -0.25) is 4.79 Å². The zero-order valence-corrected chi connectivity index (χ0v) is 15.3. The molecule has 0 fully saturated rings. The van der Waals surface area contributed by atoms with Crippen molar-refractivity contribution in [2.24, 2.45) is 0 Å². The molecule has 9 heteroatoms. The van der Waals surface area contributed by atoms with Crippen molar-refractivity contribution in [3.05, 3.63) is 70.4 Å². The van der Waals surface area contributed by atoms with Gasteiger partial charge in [0.2, 0.25) is 0 Å². The van der Waals surface area contributed by atoms with E-state index in [-0.39, 0.29) is 11.7 Å². The van der Waals surface area contributed by atoms with E-state index in [2.05, 4.69) is 20.5 Å². The molecule has 140 valence electrons. The summed E-state index contributed by atoms with van der Waals surface area (Å²) in [6.07, 6.45) is 2.09. The molecule has 2 aromatic carbocycles. The van der Waals surface area contributed by atoms with Gasteiger partial charge in [-0.05, 0) is 46.8 Å². The van der Waals surface area contributed by atoms with E-state index in [4.69, 9.17) is 11.6 Å². The minimum absolute atomic E-state index is 0.154. The van der Waals surface area contributed by atoms with E-state index in [1.807, 2.05) is 0 Å². The largest absolute Gasteiger partial charge is 0.358 e. The first-order valence-electron chi connectivity index (χ1n) is 8.71. The Morgan fingerprint density at radius 3 is 2.93 bits per heavy atom. The molecule has 0 saturated carbocycles. The summed E-state index contributed by atoms with van der Waals surface area (Å²) in [5, 5.41) is 12.4. The van der Waals surface area contributed by atoms with Gasteiger partial charge in [0.1, 0.15) is 12.1 Å². The van der Waals surface area contributed by atoms with Gasteiger partial charge >= 0.3 is 0 Å². The Hall–Kier alpha value is -3.26. The Bertz CT molecular complexity index is 1200. The molecular weight excluding hydrogens is 383 g/mol. The summed E-state index contributed by atoms with van der Waals surface area (Å²) in [6.45, 7) is 0.952. The molecule has 5 rings (SSSR count). The summed E-state index contributed by atoms with van der Waals surface area (Å²) in [5.41, 5.74) is 3.83. The van der Waals surface area contributed by atoms with Crippen LogP contribution in [0.1, 0.15) is 21.6 Å². The fourth-order valence-electron chi connectivity index (χ4n) is 3.68. The summed E-state index contributed by atoms with van der Waals surface area (Å²) >= 11 is 6.11. The van der Waals surface area contributed by atoms with E-state index in [9.17, 15) is 9.18 Å². The number of nitrogens with one attached hydrogen (secondary N) is 1. The second-order valence-corrected chi connectivity index (χ2v) is 7.10. The van der Waals surface area contributed by atoms with Gasteiger partial charge in [0, 0.05) is 46.7 Å². The molecule has 3 heterocycles. The Morgan fingerprint density at radius 2 is 2.11 bits per heavy atom. The number of aromatic amines is 1. The topological polar surface area (TPSA) is 79.7 Å². The van der Waals surface area contributed by atoms with Crippen molar-refractivity contribution >= 4 is 28.4 Å². The highest BCUT2D eigenvalue weighted by Crippen LogP contribution is 2.30. The average molecular weight is 397 g/mol. The van der Waals surface area contributed by atoms with E-state index < -0.39 is 0 Å². The molecule has 0 bridgehead atoms. The third-order valence-corrected chi connectivity index (χ3v) is 5.25. The predicted molar refractivity (Wildman–Crippen MR) is 101 cm³/mol. The standard InChI is InChI=1S/C19H14ClFN6O/c20-11-1-3-13(18(7-11)27-10-22-24-25-27)19(28)26-6-5-17-15(9-26)14-8-12(21)2-4-16(14)23-17/h1-4,7-8,10,23H,5-6,9H2. The summed E-state index contributed by atoms with van der Waals surface area (Å²) in [6, 6.07) is 9.66. The van der Waals surface area contributed by atoms with E-state index in [0.29, 0.717) is 35.8 Å². The van der Waals surface area contributed by atoms with Crippen LogP contribution in [0, 0.1) is 5.82 Å². The van der Waals surface area contributed by atoms with Crippen molar-refractivity contribution in [3.8, 4) is 5.69 Å². The molecule has 1 aliphatic heterocycles. The molecule has 0 spiro atoms. The van der Waals surface area contributed by atoms with Crippen LogP contribution in [0.3, 0.4) is 0 Å². The highest BCUT2D eigenvalue weighted by molar-refractivity contribution is 6.31. The second-order valence-electron chi connectivity index (χ2n) is 6.66. The van der Waals surface area contributed by atoms with Crippen molar-refractivity contribution in [2.45, 2.75) is 13.0 Å². The lowest BCUT2D eigenvalue weighted by molar-refractivity contribution is 0.0735. The van der Waals surface area contributed by atoms with Gasteiger partial charge in [0.25, 0.3) is 5.91 Å². The fourth-order valence-corrected chi connectivity index (χ4v) is 3.84. The summed E-state index contributed by atoms with van der Waals surface area (Å²) < 4.78 is 15.1. The van der Waals surface area contributed by atoms with Gasteiger partial charge < -0.3 is 9.88 Å². The number of carbonyl (C=O) groups excluding carboxylic acids is 1. The van der Waals surface area contributed by atoms with Crippen LogP contribution in [0.15, 0.2) is 42.7 Å². The Morgan fingerprint density at radius 1 is 1.21 bits per heavy atom. The quantitative estimate of drug-likeness (QED) is 0.564. The van der Waals surface area contributed by atoms with Crippen LogP contribution >= 0.6 is 11.6 Å². The third-order valence-electron chi connectivity index (χ3n) is 5.01. The van der Waals surface area contributed by atoms with Crippen LogP contribution in [0.5, 0.6) is 0 Å². The molecule has 0 aliphatic carbocycles. The number of carbonyl (C=O) groups is 1. The van der Waals surface area contributed by atoms with Gasteiger partial charge in [-0.15, -0.1) is 5.10 Å². The first-order valence-corrected chi connectivity index (χ1v) is 9.09. The van der Waals surface area contributed by atoms with Gasteiger partial charge in [0.15, 0.2) is 0 Å². The van der Waals surface area contributed by atoms with Crippen LogP contribution in [-0.2, 0) is 13.0 Å². The lowest BCUT2D eigenvalue weighted by Crippen LogP contribution is -2.36. The normalized spacial score (nSPS) is 13.7. The molecule has 0 atom stereocenters. The minimum atomic E-state index is -0.295. The van der Waals surface area contributed by atoms with Gasteiger partial charge in [0.05, 0.1) is 11.3 Å². The third kappa shape index (κ3) is 2.73. The number of hydrogen-bond acceptors (Lipinski definition) is 4. The van der Waals surface area contributed by atoms with Crippen LogP contribution in [0.2, 0.25) is 5.02 Å². The number of aromatic nitrogens is 5. The van der Waals surface area contributed by atoms with E-state index >= 15 is 0 Å². The monoisotopic (exact) mass is 396 g/mol. The van der Waals surface area contributed by atoms with Gasteiger partial charge in [-0.2, -0.15) is 4.68 Å². The lowest BCUT2D eigenvalue weighted by Gasteiger charge is -2.28. The zero-order valence-electron chi connectivity index (χ0n) is 14.6. The highest BCUT2D eigenvalue weighted by atomic mass is 35.5. The molecule has 28 heavy (non-hydrogen) atoms. The van der Waals surface area contributed by atoms with Gasteiger partial charge in [-0.1, -0.05) is 11.6 Å². The molecule has 0 radical (unpaired) electrons. The summed E-state index contributed by atoms with van der Waals surface area (Å²) in [4.78, 5) is 18.4. The maximum absolute atomic E-state index is 13.7. The fraction of sp³-hybridized carbons (Fsp3) is 0.158. The number of fused-ring (bicyclic) bond motifs is 3. The first-order chi connectivity index (χ1) is 13.6. The first kappa shape index (κ1) is 16.9. The number of tetrazole rings is 1. The number of halogens is 2. The highest BCUT2D eigenvalue weighted by Gasteiger charge is 2.27. The van der Waals surface area contributed by atoms with Crippen molar-refractivity contribution in [1.82, 2.24) is 30.1 Å². The Labute approximate surface area is 163 Å². The van der Waals surface area contributed by atoms with Crippen LogP contribution in [0.25, 0.3) is 16.6 Å². The smallest absolute Gasteiger partial charge is 0.256 e. The molecule has 1 N–H and O–H groups in total. The number of H-pyrrole nitrogens is 1. The second kappa shape index (κ2) is 6.42. The average Bonchev–Trinajstić information content (AvgIpc) is 3.35. The molecule has 4 aromatic rings. The van der Waals surface area contributed by atoms with Crippen molar-refractivity contribution in [2.75, 3.05) is 6.54 Å². The molecule has 7 nitrogen and oxygen atoms in total. The molecule has 1 aliphatic rings. The summed E-state index contributed by atoms with van der Waals surface area (Å²) in [7, 11) is 0. The predicted octanol–water partition coefficient (Wildman–Crippen LogP) is 3.13. The molecular formula is C19H14ClFN6O. The van der Waals surface area contributed by atoms with Crippen LogP contribution in [-0.4, -0.2) is 42.5 Å². The van der Waals surface area contributed by atoms with E-state index in [0.717, 1.165) is 22.2 Å². The SMILES string of the molecule is O=C(c1ccc(Cl)cc1-n1cnnn1)N1CCc2[nH]c3ccc(F)cc3c2C1. The molecule has 1 amide bonds. The maximum atomic E-state index is 13.7. The molecule has 2 aromatic heterocycles. The minimum Gasteiger partial charge on any atom is -0.358 e. The van der Waals surface area contributed by atoms with Crippen molar-refractivity contribution in [1.29, 1.82) is 0 Å². The summed E-state index contributed by atoms with van der Waals surface area (Å²) in [5.74, 6) is -0.449. The number of rotatable bonds is 2. The molecule has 0 unspecified atom stereocenters. The number of benzene rings is 2. The van der Waals surface area contributed by atoms with Crippen LogP contribution in [0.4, 0.5) is 4.39 Å². The number of amides is 1. The lowest BCUT2D eigenvalue weighted by atomic mass is 10.0. The number of hydrogen-bond donors (Lipinski definition) is 1. The van der Waals surface area contributed by atoms with Crippen LogP contribution < -0.4 is 0 Å². The van der Waals surface area contributed by atoms with Gasteiger partial charge in [-0.25, -0.2) is 4.39 Å². The zero-order chi connectivity index (χ0) is 19.3.